The van der Waals surface area contributed by atoms with Crippen LogP contribution in [0.3, 0.4) is 0 Å². The number of hydrogen-bond acceptors (Lipinski definition) is 5. The molecular weight excluding hydrogens is 270 g/mol. The molecule has 0 heterocycles. The second-order valence-corrected chi connectivity index (χ2v) is 4.53. The Labute approximate surface area is 127 Å². The van der Waals surface area contributed by atoms with Crippen molar-refractivity contribution in [1.82, 2.24) is 0 Å². The predicted molar refractivity (Wildman–Crippen MR) is 84.0 cm³/mol. The van der Waals surface area contributed by atoms with Gasteiger partial charge in [0.05, 0.1) is 39.6 Å². The van der Waals surface area contributed by atoms with Crippen LogP contribution in [0, 0.1) is 0 Å². The summed E-state index contributed by atoms with van der Waals surface area (Å²) in [6.45, 7) is 5.54. The van der Waals surface area contributed by atoms with Crippen molar-refractivity contribution in [1.29, 1.82) is 0 Å². The highest BCUT2D eigenvalue weighted by Gasteiger charge is 2.05. The third-order valence-corrected chi connectivity index (χ3v) is 3.00. The number of ether oxygens (including phenoxy) is 4. The van der Waals surface area contributed by atoms with E-state index in [-0.39, 0.29) is 0 Å². The van der Waals surface area contributed by atoms with Crippen LogP contribution in [0.2, 0.25) is 0 Å². The van der Waals surface area contributed by atoms with E-state index in [1.807, 2.05) is 18.2 Å². The molecule has 0 fully saturated rings. The molecule has 0 bridgehead atoms. The van der Waals surface area contributed by atoms with Crippen molar-refractivity contribution < 1.29 is 18.9 Å². The summed E-state index contributed by atoms with van der Waals surface area (Å²) in [5.41, 5.74) is 1.18. The van der Waals surface area contributed by atoms with Gasteiger partial charge in [0.25, 0.3) is 0 Å². The average Bonchev–Trinajstić information content (AvgIpc) is 2.53. The van der Waals surface area contributed by atoms with E-state index in [4.69, 9.17) is 18.9 Å². The molecule has 0 radical (unpaired) electrons. The van der Waals surface area contributed by atoms with Crippen LogP contribution in [0.1, 0.15) is 0 Å². The van der Waals surface area contributed by atoms with Crippen LogP contribution in [0.25, 0.3) is 0 Å². The summed E-state index contributed by atoms with van der Waals surface area (Å²) in [6, 6.07) is 10.3. The van der Waals surface area contributed by atoms with E-state index in [1.54, 1.807) is 14.2 Å². The molecule has 0 aliphatic carbocycles. The van der Waals surface area contributed by atoms with Crippen molar-refractivity contribution in [3.8, 4) is 0 Å². The first-order valence-corrected chi connectivity index (χ1v) is 7.32. The maximum absolute atomic E-state index is 5.54. The van der Waals surface area contributed by atoms with Crippen LogP contribution in [0.5, 0.6) is 0 Å². The highest BCUT2D eigenvalue weighted by molar-refractivity contribution is 5.45. The fourth-order valence-electron chi connectivity index (χ4n) is 1.85. The first kappa shape index (κ1) is 17.9. The van der Waals surface area contributed by atoms with Gasteiger partial charge in [-0.15, -0.1) is 0 Å². The molecule has 0 aliphatic heterocycles. The number of anilines is 1. The van der Waals surface area contributed by atoms with Crippen molar-refractivity contribution >= 4 is 5.69 Å². The van der Waals surface area contributed by atoms with E-state index in [1.165, 1.54) is 5.69 Å². The summed E-state index contributed by atoms with van der Waals surface area (Å²) >= 11 is 0. The molecule has 0 spiro atoms. The first-order valence-electron chi connectivity index (χ1n) is 7.32. The van der Waals surface area contributed by atoms with Crippen molar-refractivity contribution in [2.24, 2.45) is 0 Å². The van der Waals surface area contributed by atoms with E-state index >= 15 is 0 Å². The maximum Gasteiger partial charge on any atom is 0.0701 e. The SMILES string of the molecule is COCCOCCN(CCOCCOC)c1ccccc1. The average molecular weight is 297 g/mol. The van der Waals surface area contributed by atoms with Gasteiger partial charge in [0, 0.05) is 33.0 Å². The van der Waals surface area contributed by atoms with Gasteiger partial charge < -0.3 is 23.8 Å². The van der Waals surface area contributed by atoms with E-state index < -0.39 is 0 Å². The van der Waals surface area contributed by atoms with E-state index in [9.17, 15) is 0 Å². The third kappa shape index (κ3) is 8.67. The topological polar surface area (TPSA) is 40.2 Å². The van der Waals surface area contributed by atoms with Gasteiger partial charge in [0.2, 0.25) is 0 Å². The lowest BCUT2D eigenvalue weighted by molar-refractivity contribution is 0.0677. The van der Waals surface area contributed by atoms with E-state index in [2.05, 4.69) is 17.0 Å². The molecule has 21 heavy (non-hydrogen) atoms. The Balaban J connectivity index is 2.32. The van der Waals surface area contributed by atoms with Crippen LogP contribution in [-0.2, 0) is 18.9 Å². The Morgan fingerprint density at radius 1 is 0.714 bits per heavy atom. The summed E-state index contributed by atoms with van der Waals surface area (Å²) < 4.78 is 21.0. The fourth-order valence-corrected chi connectivity index (χ4v) is 1.85. The zero-order valence-electron chi connectivity index (χ0n) is 13.1. The Bertz CT molecular complexity index is 320. The number of benzene rings is 1. The summed E-state index contributed by atoms with van der Waals surface area (Å²) in [5, 5.41) is 0. The minimum Gasteiger partial charge on any atom is -0.382 e. The van der Waals surface area contributed by atoms with Crippen molar-refractivity contribution in [3.63, 3.8) is 0 Å². The molecule has 0 atom stereocenters. The third-order valence-electron chi connectivity index (χ3n) is 3.00. The van der Waals surface area contributed by atoms with Gasteiger partial charge in [-0.2, -0.15) is 0 Å². The molecule has 1 aromatic carbocycles. The Hall–Kier alpha value is -1.14. The Kier molecular flexibility index (Phi) is 10.7. The molecule has 1 rings (SSSR count). The molecule has 0 aromatic heterocycles. The summed E-state index contributed by atoms with van der Waals surface area (Å²) in [7, 11) is 3.36. The normalized spacial score (nSPS) is 10.8. The molecule has 0 unspecified atom stereocenters. The summed E-state index contributed by atoms with van der Waals surface area (Å²) in [5.74, 6) is 0. The Morgan fingerprint density at radius 2 is 1.24 bits per heavy atom. The highest BCUT2D eigenvalue weighted by Crippen LogP contribution is 2.12. The van der Waals surface area contributed by atoms with Crippen LogP contribution >= 0.6 is 0 Å². The van der Waals surface area contributed by atoms with Crippen molar-refractivity contribution in [2.45, 2.75) is 0 Å². The van der Waals surface area contributed by atoms with Crippen LogP contribution < -0.4 is 4.90 Å². The molecule has 120 valence electrons. The van der Waals surface area contributed by atoms with Gasteiger partial charge in [-0.25, -0.2) is 0 Å². The van der Waals surface area contributed by atoms with Crippen LogP contribution in [-0.4, -0.2) is 67.0 Å². The molecule has 0 amide bonds. The summed E-state index contributed by atoms with van der Waals surface area (Å²) in [4.78, 5) is 2.26. The molecule has 0 N–H and O–H groups in total. The van der Waals surface area contributed by atoms with Crippen LogP contribution in [0.4, 0.5) is 5.69 Å². The zero-order chi connectivity index (χ0) is 15.2. The smallest absolute Gasteiger partial charge is 0.0701 e. The standard InChI is InChI=1S/C16H27NO4/c1-18-12-14-20-10-8-17(9-11-21-15-13-19-2)16-6-4-3-5-7-16/h3-7H,8-15H2,1-2H3. The minimum absolute atomic E-state index is 0.628. The lowest BCUT2D eigenvalue weighted by Crippen LogP contribution is -2.31. The second-order valence-electron chi connectivity index (χ2n) is 4.53. The number of nitrogens with zero attached hydrogens (tertiary/aromatic N) is 1. The van der Waals surface area contributed by atoms with Gasteiger partial charge in [0.1, 0.15) is 0 Å². The minimum atomic E-state index is 0.628. The lowest BCUT2D eigenvalue weighted by atomic mass is 10.3. The fraction of sp³-hybridized carbons (Fsp3) is 0.625. The monoisotopic (exact) mass is 297 g/mol. The van der Waals surface area contributed by atoms with Gasteiger partial charge in [-0.05, 0) is 12.1 Å². The lowest BCUT2D eigenvalue weighted by Gasteiger charge is -2.24. The number of methoxy groups -OCH3 is 2. The Morgan fingerprint density at radius 3 is 1.71 bits per heavy atom. The molecule has 1 aromatic rings. The number of para-hydroxylation sites is 1. The van der Waals surface area contributed by atoms with Crippen molar-refractivity contribution in [2.75, 3.05) is 71.9 Å². The van der Waals surface area contributed by atoms with Gasteiger partial charge >= 0.3 is 0 Å². The van der Waals surface area contributed by atoms with E-state index in [0.29, 0.717) is 39.6 Å². The first-order chi connectivity index (χ1) is 10.4. The van der Waals surface area contributed by atoms with Crippen LogP contribution in [0.15, 0.2) is 30.3 Å². The van der Waals surface area contributed by atoms with Gasteiger partial charge in [-0.3, -0.25) is 0 Å². The summed E-state index contributed by atoms with van der Waals surface area (Å²) in [6.07, 6.45) is 0. The molecule has 0 saturated carbocycles. The van der Waals surface area contributed by atoms with E-state index in [0.717, 1.165) is 13.1 Å². The van der Waals surface area contributed by atoms with Gasteiger partial charge in [-0.1, -0.05) is 18.2 Å². The number of hydrogen-bond donors (Lipinski definition) is 0. The largest absolute Gasteiger partial charge is 0.382 e. The highest BCUT2D eigenvalue weighted by atomic mass is 16.5. The quantitative estimate of drug-likeness (QED) is 0.519. The predicted octanol–water partition coefficient (Wildman–Crippen LogP) is 1.82. The maximum atomic E-state index is 5.54. The second kappa shape index (κ2) is 12.6. The van der Waals surface area contributed by atoms with Crippen molar-refractivity contribution in [3.05, 3.63) is 30.3 Å². The molecule has 0 saturated heterocycles. The zero-order valence-corrected chi connectivity index (χ0v) is 13.1. The van der Waals surface area contributed by atoms with Gasteiger partial charge in [0.15, 0.2) is 0 Å². The molecular formula is C16H27NO4. The molecule has 0 aliphatic rings. The molecule has 5 heteroatoms. The number of rotatable bonds is 13. The molecule has 5 nitrogen and oxygen atoms in total.